The summed E-state index contributed by atoms with van der Waals surface area (Å²) in [5, 5.41) is 2.88. The second-order valence-electron chi connectivity index (χ2n) is 6.72. The number of carbonyl (C=O) groups is 1. The molecule has 1 aromatic heterocycles. The average molecular weight is 371 g/mol. The molecule has 0 spiro atoms. The fourth-order valence-corrected chi connectivity index (χ4v) is 3.05. The van der Waals surface area contributed by atoms with E-state index in [1.807, 2.05) is 80.6 Å². The minimum atomic E-state index is -0.206. The number of ether oxygens (including phenoxy) is 1. The van der Waals surface area contributed by atoms with Gasteiger partial charge in [-0.05, 0) is 55.3 Å². The highest BCUT2D eigenvalue weighted by molar-refractivity contribution is 5.92. The number of carbonyl (C=O) groups excluding carboxylic acids is 1. The minimum absolute atomic E-state index is 0.0425. The number of aromatic amines is 1. The summed E-state index contributed by atoms with van der Waals surface area (Å²) in [6, 6.07) is 21.3. The van der Waals surface area contributed by atoms with Crippen molar-refractivity contribution in [2.24, 2.45) is 0 Å². The van der Waals surface area contributed by atoms with E-state index >= 15 is 0 Å². The molecule has 0 saturated heterocycles. The van der Waals surface area contributed by atoms with Gasteiger partial charge < -0.3 is 15.0 Å². The highest BCUT2D eigenvalue weighted by Gasteiger charge is 2.09. The third-order valence-electron chi connectivity index (χ3n) is 4.72. The summed E-state index contributed by atoms with van der Waals surface area (Å²) in [6.45, 7) is 3.96. The maximum Gasteiger partial charge on any atom is 0.262 e. The molecule has 5 heteroatoms. The standard InChI is InChI=1S/C23H21N3O2/c1-15-7-5-12-21(16(15)2)28-14-22(27)24-18-9-6-8-17(13-18)23-25-19-10-3-4-11-20(19)26-23/h3-13H,14H2,1-2H3,(H,24,27)(H,25,26). The molecule has 4 rings (SSSR count). The number of hydrogen-bond acceptors (Lipinski definition) is 3. The quantitative estimate of drug-likeness (QED) is 0.526. The third-order valence-corrected chi connectivity index (χ3v) is 4.72. The van der Waals surface area contributed by atoms with Crippen LogP contribution in [0.15, 0.2) is 66.7 Å². The second kappa shape index (κ2) is 7.56. The third kappa shape index (κ3) is 3.74. The smallest absolute Gasteiger partial charge is 0.262 e. The van der Waals surface area contributed by atoms with Gasteiger partial charge in [0, 0.05) is 11.3 Å². The highest BCUT2D eigenvalue weighted by atomic mass is 16.5. The first-order valence-electron chi connectivity index (χ1n) is 9.14. The van der Waals surface area contributed by atoms with Crippen molar-refractivity contribution in [3.63, 3.8) is 0 Å². The number of H-pyrrole nitrogens is 1. The molecule has 0 fully saturated rings. The van der Waals surface area contributed by atoms with Crippen LogP contribution >= 0.6 is 0 Å². The molecule has 0 atom stereocenters. The first-order valence-corrected chi connectivity index (χ1v) is 9.14. The van der Waals surface area contributed by atoms with Crippen molar-refractivity contribution in [1.29, 1.82) is 0 Å². The number of nitrogens with one attached hydrogen (secondary N) is 2. The molecule has 0 radical (unpaired) electrons. The summed E-state index contributed by atoms with van der Waals surface area (Å²) >= 11 is 0. The van der Waals surface area contributed by atoms with Crippen LogP contribution in [0.1, 0.15) is 11.1 Å². The van der Waals surface area contributed by atoms with Crippen LogP contribution in [-0.2, 0) is 4.79 Å². The maximum absolute atomic E-state index is 12.3. The van der Waals surface area contributed by atoms with Gasteiger partial charge in [-0.25, -0.2) is 4.98 Å². The Bertz CT molecular complexity index is 1110. The van der Waals surface area contributed by atoms with Crippen LogP contribution in [0.5, 0.6) is 5.75 Å². The fraction of sp³-hybridized carbons (Fsp3) is 0.130. The number of fused-ring (bicyclic) bond motifs is 1. The van der Waals surface area contributed by atoms with E-state index in [9.17, 15) is 4.79 Å². The molecule has 28 heavy (non-hydrogen) atoms. The molecule has 0 aliphatic heterocycles. The summed E-state index contributed by atoms with van der Waals surface area (Å²) in [6.07, 6.45) is 0. The molecule has 3 aromatic carbocycles. The molecule has 1 heterocycles. The van der Waals surface area contributed by atoms with E-state index in [0.717, 1.165) is 39.3 Å². The van der Waals surface area contributed by atoms with E-state index < -0.39 is 0 Å². The van der Waals surface area contributed by atoms with Crippen LogP contribution in [0, 0.1) is 13.8 Å². The Labute approximate surface area is 163 Å². The van der Waals surface area contributed by atoms with E-state index in [1.54, 1.807) is 0 Å². The number of imidazole rings is 1. The Morgan fingerprint density at radius 2 is 1.86 bits per heavy atom. The van der Waals surface area contributed by atoms with E-state index in [1.165, 1.54) is 0 Å². The molecule has 1 amide bonds. The number of hydrogen-bond donors (Lipinski definition) is 2. The predicted octanol–water partition coefficient (Wildman–Crippen LogP) is 4.86. The summed E-state index contributed by atoms with van der Waals surface area (Å²) in [4.78, 5) is 20.2. The molecule has 140 valence electrons. The Balaban J connectivity index is 1.45. The van der Waals surface area contributed by atoms with Gasteiger partial charge in [-0.3, -0.25) is 4.79 Å². The van der Waals surface area contributed by atoms with Crippen molar-refractivity contribution in [3.8, 4) is 17.1 Å². The molecule has 0 unspecified atom stereocenters. The van der Waals surface area contributed by atoms with E-state index in [4.69, 9.17) is 4.74 Å². The number of rotatable bonds is 5. The molecule has 0 saturated carbocycles. The largest absolute Gasteiger partial charge is 0.483 e. The molecule has 5 nitrogen and oxygen atoms in total. The average Bonchev–Trinajstić information content (AvgIpc) is 3.14. The molecular weight excluding hydrogens is 350 g/mol. The van der Waals surface area contributed by atoms with Gasteiger partial charge in [0.15, 0.2) is 6.61 Å². The molecular formula is C23H21N3O2. The lowest BCUT2D eigenvalue weighted by Gasteiger charge is -2.11. The normalized spacial score (nSPS) is 10.8. The summed E-state index contributed by atoms with van der Waals surface area (Å²) in [5.41, 5.74) is 5.68. The number of amides is 1. The lowest BCUT2D eigenvalue weighted by atomic mass is 10.1. The van der Waals surface area contributed by atoms with Crippen molar-refractivity contribution in [2.45, 2.75) is 13.8 Å². The number of anilines is 1. The first kappa shape index (κ1) is 17.8. The van der Waals surface area contributed by atoms with Gasteiger partial charge in [-0.1, -0.05) is 36.4 Å². The summed E-state index contributed by atoms with van der Waals surface area (Å²) in [7, 11) is 0. The second-order valence-corrected chi connectivity index (χ2v) is 6.72. The van der Waals surface area contributed by atoms with E-state index in [0.29, 0.717) is 5.69 Å². The molecule has 0 aliphatic carbocycles. The Hall–Kier alpha value is -3.60. The van der Waals surface area contributed by atoms with Gasteiger partial charge in [0.2, 0.25) is 0 Å². The number of aryl methyl sites for hydroxylation is 1. The zero-order chi connectivity index (χ0) is 19.5. The number of aromatic nitrogens is 2. The number of nitrogens with zero attached hydrogens (tertiary/aromatic N) is 1. The van der Waals surface area contributed by atoms with Gasteiger partial charge >= 0.3 is 0 Å². The molecule has 0 aliphatic rings. The lowest BCUT2D eigenvalue weighted by Crippen LogP contribution is -2.20. The monoisotopic (exact) mass is 371 g/mol. The van der Waals surface area contributed by atoms with Crippen LogP contribution < -0.4 is 10.1 Å². The number of benzene rings is 3. The van der Waals surface area contributed by atoms with E-state index in [2.05, 4.69) is 15.3 Å². The Morgan fingerprint density at radius 3 is 2.71 bits per heavy atom. The van der Waals surface area contributed by atoms with Crippen LogP contribution in [-0.4, -0.2) is 22.5 Å². The zero-order valence-electron chi connectivity index (χ0n) is 15.8. The van der Waals surface area contributed by atoms with Crippen molar-refractivity contribution in [1.82, 2.24) is 9.97 Å². The SMILES string of the molecule is Cc1cccc(OCC(=O)Nc2cccc(-c3nc4ccccc4[nH]3)c2)c1C. The Morgan fingerprint density at radius 1 is 1.04 bits per heavy atom. The zero-order valence-corrected chi connectivity index (χ0v) is 15.8. The molecule has 2 N–H and O–H groups in total. The maximum atomic E-state index is 12.3. The van der Waals surface area contributed by atoms with Crippen molar-refractivity contribution < 1.29 is 9.53 Å². The molecule has 4 aromatic rings. The van der Waals surface area contributed by atoms with Gasteiger partial charge in [0.1, 0.15) is 11.6 Å². The van der Waals surface area contributed by atoms with Crippen LogP contribution in [0.3, 0.4) is 0 Å². The van der Waals surface area contributed by atoms with Crippen LogP contribution in [0.4, 0.5) is 5.69 Å². The van der Waals surface area contributed by atoms with Gasteiger partial charge in [-0.15, -0.1) is 0 Å². The van der Waals surface area contributed by atoms with Gasteiger partial charge in [-0.2, -0.15) is 0 Å². The van der Waals surface area contributed by atoms with Crippen molar-refractivity contribution in [3.05, 3.63) is 77.9 Å². The first-order chi connectivity index (χ1) is 13.6. The fourth-order valence-electron chi connectivity index (χ4n) is 3.05. The van der Waals surface area contributed by atoms with Crippen LogP contribution in [0.25, 0.3) is 22.4 Å². The molecule has 0 bridgehead atoms. The Kier molecular flexibility index (Phi) is 4.81. The van der Waals surface area contributed by atoms with Crippen LogP contribution in [0.2, 0.25) is 0 Å². The summed E-state index contributed by atoms with van der Waals surface area (Å²) in [5.74, 6) is 1.29. The van der Waals surface area contributed by atoms with Gasteiger partial charge in [0.05, 0.1) is 11.0 Å². The predicted molar refractivity (Wildman–Crippen MR) is 112 cm³/mol. The highest BCUT2D eigenvalue weighted by Crippen LogP contribution is 2.23. The lowest BCUT2D eigenvalue weighted by molar-refractivity contribution is -0.118. The summed E-state index contributed by atoms with van der Waals surface area (Å²) < 4.78 is 5.68. The minimum Gasteiger partial charge on any atom is -0.483 e. The topological polar surface area (TPSA) is 67.0 Å². The van der Waals surface area contributed by atoms with Crippen molar-refractivity contribution >= 4 is 22.6 Å². The van der Waals surface area contributed by atoms with Crippen molar-refractivity contribution in [2.75, 3.05) is 11.9 Å². The van der Waals surface area contributed by atoms with E-state index in [-0.39, 0.29) is 12.5 Å². The number of para-hydroxylation sites is 2. The van der Waals surface area contributed by atoms with Gasteiger partial charge in [0.25, 0.3) is 5.91 Å².